The van der Waals surface area contributed by atoms with Gasteiger partial charge in [-0.15, -0.1) is 0 Å². The molecular weight excluding hydrogens is 294 g/mol. The van der Waals surface area contributed by atoms with Crippen molar-refractivity contribution in [3.8, 4) is 0 Å². The summed E-state index contributed by atoms with van der Waals surface area (Å²) in [5.41, 5.74) is 1.02. The van der Waals surface area contributed by atoms with E-state index in [1.165, 1.54) is 0 Å². The average Bonchev–Trinajstić information content (AvgIpc) is 2.85. The first-order valence-corrected chi connectivity index (χ1v) is 8.28. The molecule has 1 aromatic carbocycles. The van der Waals surface area contributed by atoms with Crippen molar-refractivity contribution in [2.24, 2.45) is 11.8 Å². The number of hydrogen-bond acceptors (Lipinski definition) is 4. The van der Waals surface area contributed by atoms with Crippen LogP contribution in [0.25, 0.3) is 0 Å². The molecule has 4 N–H and O–H groups in total. The maximum Gasteiger partial charge on any atom is 0.249 e. The second-order valence-electron chi connectivity index (χ2n) is 6.78. The highest BCUT2D eigenvalue weighted by molar-refractivity contribution is 5.81. The Kier molecular flexibility index (Phi) is 6.16. The minimum absolute atomic E-state index is 0.189. The van der Waals surface area contributed by atoms with Gasteiger partial charge in [-0.3, -0.25) is 4.79 Å². The lowest BCUT2D eigenvalue weighted by Crippen LogP contribution is -2.51. The van der Waals surface area contributed by atoms with Crippen LogP contribution in [0, 0.1) is 11.8 Å². The van der Waals surface area contributed by atoms with Crippen molar-refractivity contribution in [3.05, 3.63) is 35.9 Å². The molecule has 0 aromatic heterocycles. The highest BCUT2D eigenvalue weighted by Crippen LogP contribution is 2.30. The monoisotopic (exact) mass is 321 g/mol. The van der Waals surface area contributed by atoms with Crippen LogP contribution in [0.2, 0.25) is 0 Å². The van der Waals surface area contributed by atoms with Gasteiger partial charge in [-0.05, 0) is 30.7 Å². The Balaban J connectivity index is 2.16. The van der Waals surface area contributed by atoms with Crippen LogP contribution in [-0.2, 0) is 11.2 Å². The summed E-state index contributed by atoms with van der Waals surface area (Å²) < 4.78 is 0. The fourth-order valence-corrected chi connectivity index (χ4v) is 3.24. The van der Waals surface area contributed by atoms with Gasteiger partial charge in [0.1, 0.15) is 6.10 Å². The van der Waals surface area contributed by atoms with E-state index in [0.717, 1.165) is 5.56 Å². The molecule has 1 aromatic rings. The van der Waals surface area contributed by atoms with Crippen LogP contribution in [0.15, 0.2) is 30.3 Å². The molecule has 0 saturated heterocycles. The molecule has 1 amide bonds. The normalized spacial score (nSPS) is 24.6. The summed E-state index contributed by atoms with van der Waals surface area (Å²) in [6.45, 7) is 3.55. The van der Waals surface area contributed by atoms with Crippen molar-refractivity contribution in [3.63, 3.8) is 0 Å². The molecule has 5 nitrogen and oxygen atoms in total. The Labute approximate surface area is 137 Å². The van der Waals surface area contributed by atoms with Crippen molar-refractivity contribution in [2.45, 2.75) is 57.5 Å². The SMILES string of the molecule is CC(C)[C@H](O)C(=O)N[C@@H](Cc1ccccc1)C1[C@@H](O)CC[C@@H]1O. The number of rotatable bonds is 6. The van der Waals surface area contributed by atoms with Gasteiger partial charge in [0.15, 0.2) is 0 Å². The highest BCUT2D eigenvalue weighted by Gasteiger charge is 2.40. The molecule has 1 saturated carbocycles. The lowest BCUT2D eigenvalue weighted by Gasteiger charge is -2.31. The van der Waals surface area contributed by atoms with Crippen molar-refractivity contribution in [2.75, 3.05) is 0 Å². The van der Waals surface area contributed by atoms with Crippen LogP contribution in [0.1, 0.15) is 32.3 Å². The summed E-state index contributed by atoms with van der Waals surface area (Å²) in [7, 11) is 0. The second-order valence-corrected chi connectivity index (χ2v) is 6.78. The molecule has 2 rings (SSSR count). The molecule has 0 aliphatic heterocycles. The van der Waals surface area contributed by atoms with Gasteiger partial charge in [0.25, 0.3) is 0 Å². The number of amides is 1. The van der Waals surface area contributed by atoms with Crippen LogP contribution in [-0.4, -0.2) is 45.6 Å². The number of hydrogen-bond donors (Lipinski definition) is 4. The Bertz CT molecular complexity index is 495. The second kappa shape index (κ2) is 7.90. The number of aliphatic hydroxyl groups is 3. The van der Waals surface area contributed by atoms with Crippen molar-refractivity contribution < 1.29 is 20.1 Å². The van der Waals surface area contributed by atoms with Gasteiger partial charge in [-0.1, -0.05) is 44.2 Å². The van der Waals surface area contributed by atoms with Crippen molar-refractivity contribution >= 4 is 5.91 Å². The fourth-order valence-electron chi connectivity index (χ4n) is 3.24. The van der Waals surface area contributed by atoms with Crippen molar-refractivity contribution in [1.82, 2.24) is 5.32 Å². The summed E-state index contributed by atoms with van der Waals surface area (Å²) in [5, 5.41) is 33.2. The first-order chi connectivity index (χ1) is 10.9. The summed E-state index contributed by atoms with van der Waals surface area (Å²) in [4.78, 5) is 12.2. The molecule has 0 bridgehead atoms. The minimum atomic E-state index is -1.09. The fraction of sp³-hybridized carbons (Fsp3) is 0.611. The summed E-state index contributed by atoms with van der Waals surface area (Å²) in [5.74, 6) is -1.06. The maximum atomic E-state index is 12.2. The standard InChI is InChI=1S/C18H27NO4/c1-11(2)17(22)18(23)19-13(10-12-6-4-3-5-7-12)16-14(20)8-9-15(16)21/h3-7,11,13-17,20-22H,8-10H2,1-2H3,(H,19,23)/t13-,14-,15-,17-/m0/s1. The topological polar surface area (TPSA) is 89.8 Å². The van der Waals surface area contributed by atoms with Gasteiger partial charge in [-0.2, -0.15) is 0 Å². The van der Waals surface area contributed by atoms with Crippen LogP contribution in [0.3, 0.4) is 0 Å². The molecule has 1 fully saturated rings. The third kappa shape index (κ3) is 4.53. The van der Waals surface area contributed by atoms with Crippen LogP contribution in [0.4, 0.5) is 0 Å². The summed E-state index contributed by atoms with van der Waals surface area (Å²) in [6.07, 6.45) is -0.815. The molecule has 0 unspecified atom stereocenters. The third-order valence-corrected chi connectivity index (χ3v) is 4.64. The number of carbonyl (C=O) groups excluding carboxylic acids is 1. The van der Waals surface area contributed by atoms with E-state index in [2.05, 4.69) is 5.32 Å². The van der Waals surface area contributed by atoms with Crippen LogP contribution in [0.5, 0.6) is 0 Å². The lowest BCUT2D eigenvalue weighted by molar-refractivity contribution is -0.133. The summed E-state index contributed by atoms with van der Waals surface area (Å²) >= 11 is 0. The van der Waals surface area contributed by atoms with Crippen LogP contribution < -0.4 is 5.32 Å². The van der Waals surface area contributed by atoms with Crippen LogP contribution >= 0.6 is 0 Å². The third-order valence-electron chi connectivity index (χ3n) is 4.64. The number of benzene rings is 1. The zero-order valence-corrected chi connectivity index (χ0v) is 13.7. The zero-order valence-electron chi connectivity index (χ0n) is 13.7. The molecular formula is C18H27NO4. The maximum absolute atomic E-state index is 12.2. The molecule has 0 heterocycles. The van der Waals surface area contributed by atoms with E-state index in [4.69, 9.17) is 0 Å². The molecule has 4 atom stereocenters. The van der Waals surface area contributed by atoms with Gasteiger partial charge in [0, 0.05) is 12.0 Å². The number of carbonyl (C=O) groups is 1. The molecule has 1 aliphatic rings. The number of aliphatic hydroxyl groups excluding tert-OH is 3. The van der Waals surface area contributed by atoms with Gasteiger partial charge in [0.05, 0.1) is 12.2 Å². The van der Waals surface area contributed by atoms with E-state index >= 15 is 0 Å². The predicted octanol–water partition coefficient (Wildman–Crippen LogP) is 0.863. The smallest absolute Gasteiger partial charge is 0.249 e. The number of nitrogens with one attached hydrogen (secondary N) is 1. The summed E-state index contributed by atoms with van der Waals surface area (Å²) in [6, 6.07) is 9.24. The Morgan fingerprint density at radius 1 is 1.17 bits per heavy atom. The van der Waals surface area contributed by atoms with E-state index in [1.807, 2.05) is 30.3 Å². The molecule has 23 heavy (non-hydrogen) atoms. The van der Waals surface area contributed by atoms with E-state index in [1.54, 1.807) is 13.8 Å². The van der Waals surface area contributed by atoms with Crippen molar-refractivity contribution in [1.29, 1.82) is 0 Å². The Morgan fingerprint density at radius 2 is 1.74 bits per heavy atom. The Morgan fingerprint density at radius 3 is 2.26 bits per heavy atom. The molecule has 1 aliphatic carbocycles. The average molecular weight is 321 g/mol. The van der Waals surface area contributed by atoms with E-state index in [0.29, 0.717) is 19.3 Å². The Hall–Kier alpha value is -1.43. The highest BCUT2D eigenvalue weighted by atomic mass is 16.3. The minimum Gasteiger partial charge on any atom is -0.393 e. The molecule has 5 heteroatoms. The molecule has 128 valence electrons. The largest absolute Gasteiger partial charge is 0.393 e. The predicted molar refractivity (Wildman–Crippen MR) is 87.7 cm³/mol. The first-order valence-electron chi connectivity index (χ1n) is 8.28. The van der Waals surface area contributed by atoms with Gasteiger partial charge in [-0.25, -0.2) is 0 Å². The van der Waals surface area contributed by atoms with E-state index in [9.17, 15) is 20.1 Å². The van der Waals surface area contributed by atoms with Gasteiger partial charge >= 0.3 is 0 Å². The molecule has 0 radical (unpaired) electrons. The van der Waals surface area contributed by atoms with E-state index < -0.39 is 36.2 Å². The quantitative estimate of drug-likeness (QED) is 0.626. The first kappa shape index (κ1) is 17.9. The zero-order chi connectivity index (χ0) is 17.0. The van der Waals surface area contributed by atoms with Gasteiger partial charge in [0.2, 0.25) is 5.91 Å². The molecule has 0 spiro atoms. The van der Waals surface area contributed by atoms with E-state index in [-0.39, 0.29) is 5.92 Å². The lowest BCUT2D eigenvalue weighted by atomic mass is 9.88. The van der Waals surface area contributed by atoms with Gasteiger partial charge < -0.3 is 20.6 Å².